The first-order valence-electron chi connectivity index (χ1n) is 5.43. The summed E-state index contributed by atoms with van der Waals surface area (Å²) in [4.78, 5) is 0. The quantitative estimate of drug-likeness (QED) is 0.478. The van der Waals surface area contributed by atoms with E-state index >= 15 is 0 Å². The molecular formula is C9H23O2PS2Si. The molecule has 0 aromatic heterocycles. The number of rotatable bonds is 8. The van der Waals surface area contributed by atoms with E-state index in [1.807, 2.05) is 0 Å². The molecule has 0 rings (SSSR count). The molecule has 0 aliphatic rings. The van der Waals surface area contributed by atoms with E-state index in [2.05, 4.69) is 33.5 Å². The topological polar surface area (TPSA) is 18.5 Å². The van der Waals surface area contributed by atoms with Crippen LogP contribution >= 0.6 is 16.5 Å². The molecule has 6 heteroatoms. The van der Waals surface area contributed by atoms with Gasteiger partial charge in [0.2, 0.25) is 5.69 Å². The molecule has 0 spiro atoms. The molecule has 0 amide bonds. The van der Waals surface area contributed by atoms with E-state index in [9.17, 15) is 0 Å². The summed E-state index contributed by atoms with van der Waals surface area (Å²) in [5.74, 6) is 0. The molecule has 0 radical (unpaired) electrons. The summed E-state index contributed by atoms with van der Waals surface area (Å²) in [7, 11) is 0.524. The highest BCUT2D eigenvalue weighted by atomic mass is 33.0. The molecule has 0 bridgehead atoms. The Morgan fingerprint density at radius 1 is 1.07 bits per heavy atom. The zero-order valence-electron chi connectivity index (χ0n) is 10.4. The molecule has 2 nitrogen and oxygen atoms in total. The van der Waals surface area contributed by atoms with Crippen molar-refractivity contribution in [2.24, 2.45) is 0 Å². The van der Waals surface area contributed by atoms with Gasteiger partial charge in [0.05, 0.1) is 13.2 Å². The van der Waals surface area contributed by atoms with Gasteiger partial charge in [0.15, 0.2) is 0 Å². The summed E-state index contributed by atoms with van der Waals surface area (Å²) in [5.41, 5.74) is -2.06. The predicted molar refractivity (Wildman–Crippen MR) is 77.7 cm³/mol. The fourth-order valence-corrected chi connectivity index (χ4v) is 18.7. The monoisotopic (exact) mass is 286 g/mol. The molecular weight excluding hydrogens is 263 g/mol. The third-order valence-corrected chi connectivity index (χ3v) is 15.6. The fourth-order valence-electron chi connectivity index (χ4n) is 0.832. The lowest BCUT2D eigenvalue weighted by Crippen LogP contribution is -2.14. The first-order chi connectivity index (χ1) is 6.83. The molecule has 0 aliphatic heterocycles. The average Bonchev–Trinajstić information content (AvgIpc) is 2.09. The van der Waals surface area contributed by atoms with E-state index in [1.54, 1.807) is 10.8 Å². The molecule has 0 unspecified atom stereocenters. The van der Waals surface area contributed by atoms with Crippen LogP contribution in [0.4, 0.5) is 0 Å². The maximum absolute atomic E-state index is 5.76. The van der Waals surface area contributed by atoms with Gasteiger partial charge in [-0.05, 0) is 24.6 Å². The summed E-state index contributed by atoms with van der Waals surface area (Å²) >= 11 is 5.55. The van der Waals surface area contributed by atoms with E-state index < -0.39 is 12.9 Å². The molecule has 0 aromatic carbocycles. The van der Waals surface area contributed by atoms with Gasteiger partial charge in [-0.25, -0.2) is 0 Å². The second-order valence-corrected chi connectivity index (χ2v) is 19.6. The van der Waals surface area contributed by atoms with Crippen LogP contribution in [0.25, 0.3) is 0 Å². The van der Waals surface area contributed by atoms with Crippen LogP contribution in [0.3, 0.4) is 0 Å². The van der Waals surface area contributed by atoms with Gasteiger partial charge in [-0.2, -0.15) is 0 Å². The molecule has 0 atom stereocenters. The van der Waals surface area contributed by atoms with Crippen LogP contribution in [0.2, 0.25) is 19.6 Å². The van der Waals surface area contributed by atoms with E-state index in [4.69, 9.17) is 20.9 Å². The molecule has 0 aliphatic carbocycles. The van der Waals surface area contributed by atoms with Crippen LogP contribution in [0, 0.1) is 0 Å². The minimum Gasteiger partial charge on any atom is -0.322 e. The number of hydrogen-bond acceptors (Lipinski definition) is 4. The molecule has 0 aromatic rings. The SMILES string of the molecule is CCCOP(=S)(OCCC)S[Si](C)(C)C. The Bertz CT molecular complexity index is 207. The fraction of sp³-hybridized carbons (Fsp3) is 1.00. The van der Waals surface area contributed by atoms with Crippen molar-refractivity contribution in [2.45, 2.75) is 46.3 Å². The Balaban J connectivity index is 4.34. The zero-order valence-corrected chi connectivity index (χ0v) is 13.9. The van der Waals surface area contributed by atoms with Crippen molar-refractivity contribution in [1.29, 1.82) is 0 Å². The number of hydrogen-bond donors (Lipinski definition) is 0. The minimum absolute atomic E-state index is 0.721. The van der Waals surface area contributed by atoms with Crippen molar-refractivity contribution in [2.75, 3.05) is 13.2 Å². The predicted octanol–water partition coefficient (Wildman–Crippen LogP) is 4.63. The second kappa shape index (κ2) is 7.46. The highest BCUT2D eigenvalue weighted by Crippen LogP contribution is 2.64. The Hall–Kier alpha value is 1.14. The summed E-state index contributed by atoms with van der Waals surface area (Å²) in [6.45, 7) is 12.5. The van der Waals surface area contributed by atoms with Gasteiger partial charge >= 0.3 is 0 Å². The molecule has 0 saturated carbocycles. The smallest absolute Gasteiger partial charge is 0.241 e. The first-order valence-corrected chi connectivity index (χ1v) is 13.7. The van der Waals surface area contributed by atoms with Crippen molar-refractivity contribution < 1.29 is 9.05 Å². The Labute approximate surface area is 104 Å². The maximum Gasteiger partial charge on any atom is 0.241 e. The van der Waals surface area contributed by atoms with Gasteiger partial charge in [0, 0.05) is 0 Å². The van der Waals surface area contributed by atoms with Gasteiger partial charge in [-0.1, -0.05) is 44.3 Å². The summed E-state index contributed by atoms with van der Waals surface area (Å²) in [5, 5.41) is 0. The van der Waals surface area contributed by atoms with Crippen LogP contribution in [0.15, 0.2) is 0 Å². The largest absolute Gasteiger partial charge is 0.322 e. The van der Waals surface area contributed by atoms with E-state index in [1.165, 1.54) is 0 Å². The van der Waals surface area contributed by atoms with Crippen LogP contribution in [-0.4, -0.2) is 20.4 Å². The van der Waals surface area contributed by atoms with Crippen molar-refractivity contribution in [1.82, 2.24) is 0 Å². The Kier molecular flexibility index (Phi) is 8.03. The lowest BCUT2D eigenvalue weighted by Gasteiger charge is -2.27. The van der Waals surface area contributed by atoms with E-state index in [0.717, 1.165) is 26.1 Å². The third kappa shape index (κ3) is 8.90. The van der Waals surface area contributed by atoms with Gasteiger partial charge < -0.3 is 9.05 Å². The van der Waals surface area contributed by atoms with Crippen LogP contribution in [-0.2, 0) is 20.9 Å². The standard InChI is InChI=1S/C9H23O2PS2Si/c1-6-8-10-12(13,11-9-7-2)14-15(3,4)5/h6-9H2,1-5H3. The lowest BCUT2D eigenvalue weighted by atomic mass is 10.5. The highest BCUT2D eigenvalue weighted by Gasteiger charge is 2.28. The van der Waals surface area contributed by atoms with Crippen LogP contribution < -0.4 is 0 Å². The Morgan fingerprint density at radius 3 is 1.73 bits per heavy atom. The average molecular weight is 286 g/mol. The third-order valence-electron chi connectivity index (χ3n) is 1.29. The maximum atomic E-state index is 5.76. The highest BCUT2D eigenvalue weighted by molar-refractivity contribution is 8.79. The van der Waals surface area contributed by atoms with Crippen molar-refractivity contribution in [3.63, 3.8) is 0 Å². The molecule has 0 fully saturated rings. The van der Waals surface area contributed by atoms with Crippen LogP contribution in [0.1, 0.15) is 26.7 Å². The van der Waals surface area contributed by atoms with Crippen molar-refractivity contribution in [3.8, 4) is 0 Å². The van der Waals surface area contributed by atoms with Gasteiger partial charge in [-0.3, -0.25) is 0 Å². The summed E-state index contributed by atoms with van der Waals surface area (Å²) in [6.07, 6.45) is 2.00. The van der Waals surface area contributed by atoms with Gasteiger partial charge in [-0.15, -0.1) is 0 Å². The summed E-state index contributed by atoms with van der Waals surface area (Å²) in [6, 6.07) is 0. The minimum atomic E-state index is -2.06. The summed E-state index contributed by atoms with van der Waals surface area (Å²) < 4.78 is 11.5. The van der Waals surface area contributed by atoms with Crippen LogP contribution in [0.5, 0.6) is 0 Å². The normalized spacial score (nSPS) is 13.1. The van der Waals surface area contributed by atoms with Crippen molar-refractivity contribution in [3.05, 3.63) is 0 Å². The first kappa shape index (κ1) is 16.1. The molecule has 0 N–H and O–H groups in total. The zero-order chi connectivity index (χ0) is 11.9. The van der Waals surface area contributed by atoms with Crippen molar-refractivity contribution >= 4 is 35.6 Å². The molecule has 0 saturated heterocycles. The second-order valence-electron chi connectivity index (χ2n) is 4.32. The van der Waals surface area contributed by atoms with Gasteiger partial charge in [0.25, 0.3) is 0 Å². The Morgan fingerprint density at radius 2 is 1.47 bits per heavy atom. The van der Waals surface area contributed by atoms with E-state index in [0.29, 0.717) is 0 Å². The molecule has 92 valence electrons. The lowest BCUT2D eigenvalue weighted by molar-refractivity contribution is 0.260. The molecule has 15 heavy (non-hydrogen) atoms. The molecule has 0 heterocycles. The van der Waals surface area contributed by atoms with E-state index in [-0.39, 0.29) is 0 Å². The van der Waals surface area contributed by atoms with Gasteiger partial charge in [0.1, 0.15) is 7.22 Å².